The number of anilines is 1. The van der Waals surface area contributed by atoms with E-state index in [2.05, 4.69) is 36.4 Å². The Balaban J connectivity index is 2.54. The molecule has 3 N–H and O–H groups in total. The summed E-state index contributed by atoms with van der Waals surface area (Å²) >= 11 is 3.13. The molecule has 0 radical (unpaired) electrons. The van der Waals surface area contributed by atoms with E-state index in [0.717, 1.165) is 0 Å². The highest BCUT2D eigenvalue weighted by atomic mass is 79.9. The quantitative estimate of drug-likeness (QED) is 0.650. The van der Waals surface area contributed by atoms with Crippen molar-refractivity contribution in [1.29, 1.82) is 0 Å². The van der Waals surface area contributed by atoms with Crippen molar-refractivity contribution in [1.82, 2.24) is 19.7 Å². The summed E-state index contributed by atoms with van der Waals surface area (Å²) in [6.07, 6.45) is -1.78. The van der Waals surface area contributed by atoms with Crippen molar-refractivity contribution in [2.75, 3.05) is 5.43 Å². The van der Waals surface area contributed by atoms with Gasteiger partial charge in [-0.1, -0.05) is 0 Å². The molecular weight excluding hydrogens is 317 g/mol. The molecule has 0 atom stereocenters. The molecule has 0 bridgehead atoms. The van der Waals surface area contributed by atoms with Gasteiger partial charge in [-0.2, -0.15) is 18.3 Å². The Morgan fingerprint density at radius 1 is 1.33 bits per heavy atom. The van der Waals surface area contributed by atoms with Crippen molar-refractivity contribution in [2.45, 2.75) is 6.18 Å². The van der Waals surface area contributed by atoms with E-state index in [4.69, 9.17) is 5.84 Å². The van der Waals surface area contributed by atoms with Gasteiger partial charge in [-0.15, -0.1) is 0 Å². The van der Waals surface area contributed by atoms with Crippen molar-refractivity contribution in [2.24, 2.45) is 5.84 Å². The number of aromatic nitrogens is 4. The number of nitrogens with two attached hydrogens (primary N) is 1. The Labute approximate surface area is 107 Å². The second-order valence-corrected chi connectivity index (χ2v) is 4.10. The number of hydrogen-bond donors (Lipinski definition) is 2. The first-order valence-corrected chi connectivity index (χ1v) is 5.33. The van der Waals surface area contributed by atoms with E-state index in [1.165, 1.54) is 23.1 Å². The van der Waals surface area contributed by atoms with Gasteiger partial charge in [0.1, 0.15) is 5.82 Å². The van der Waals surface area contributed by atoms with Gasteiger partial charge < -0.3 is 5.43 Å². The second-order valence-electron chi connectivity index (χ2n) is 3.18. The molecule has 0 spiro atoms. The number of rotatable bonds is 2. The zero-order valence-electron chi connectivity index (χ0n) is 8.61. The van der Waals surface area contributed by atoms with E-state index < -0.39 is 12.0 Å². The van der Waals surface area contributed by atoms with Crippen LogP contribution in [0.4, 0.5) is 19.0 Å². The van der Waals surface area contributed by atoms with Crippen LogP contribution in [0.2, 0.25) is 0 Å². The van der Waals surface area contributed by atoms with Gasteiger partial charge in [-0.3, -0.25) is 0 Å². The van der Waals surface area contributed by atoms with Crippen LogP contribution < -0.4 is 11.3 Å². The van der Waals surface area contributed by atoms with Gasteiger partial charge >= 0.3 is 6.18 Å². The number of nitrogen functional groups attached to an aromatic ring is 1. The van der Waals surface area contributed by atoms with Crippen LogP contribution >= 0.6 is 15.9 Å². The number of nitrogens with zero attached hydrogens (tertiary/aromatic N) is 4. The van der Waals surface area contributed by atoms with Gasteiger partial charge in [0.15, 0.2) is 5.82 Å². The Kier molecular flexibility index (Phi) is 3.22. The molecule has 2 aromatic heterocycles. The molecule has 0 saturated heterocycles. The van der Waals surface area contributed by atoms with Crippen LogP contribution in [0.15, 0.2) is 22.9 Å². The molecule has 0 saturated carbocycles. The fraction of sp³-hybridized carbons (Fsp3) is 0.125. The summed E-state index contributed by atoms with van der Waals surface area (Å²) in [6, 6.07) is 1.24. The highest BCUT2D eigenvalue weighted by Crippen LogP contribution is 2.27. The summed E-state index contributed by atoms with van der Waals surface area (Å²) in [5, 5.41) is 3.83. The number of alkyl halides is 3. The lowest BCUT2D eigenvalue weighted by atomic mass is 10.4. The molecular formula is C8H6BrF3N6. The van der Waals surface area contributed by atoms with Gasteiger partial charge in [0.05, 0.1) is 10.7 Å². The standard InChI is InChI=1S/C8H6BrF3N6/c9-4-2-14-18(3-4)6-1-5(17-13)15-7(16-6)8(10,11)12/h1-3H,13H2,(H,15,16,17). The smallest absolute Gasteiger partial charge is 0.308 e. The Morgan fingerprint density at radius 2 is 2.06 bits per heavy atom. The number of hydrazine groups is 1. The SMILES string of the molecule is NNc1cc(-n2cc(Br)cn2)nc(C(F)(F)F)n1. The van der Waals surface area contributed by atoms with Crippen LogP contribution in [0.5, 0.6) is 0 Å². The topological polar surface area (TPSA) is 81.6 Å². The zero-order valence-corrected chi connectivity index (χ0v) is 10.2. The number of nitrogens with one attached hydrogen (secondary N) is 1. The first-order valence-electron chi connectivity index (χ1n) is 4.53. The van der Waals surface area contributed by atoms with Gasteiger partial charge in [0.25, 0.3) is 0 Å². The summed E-state index contributed by atoms with van der Waals surface area (Å²) in [6.45, 7) is 0. The first-order chi connectivity index (χ1) is 8.40. The summed E-state index contributed by atoms with van der Waals surface area (Å²) < 4.78 is 39.5. The predicted molar refractivity (Wildman–Crippen MR) is 59.7 cm³/mol. The molecule has 0 unspecified atom stereocenters. The van der Waals surface area contributed by atoms with E-state index in [1.54, 1.807) is 0 Å². The molecule has 0 fully saturated rings. The van der Waals surface area contributed by atoms with Gasteiger partial charge in [-0.05, 0) is 15.9 Å². The van der Waals surface area contributed by atoms with Crippen molar-refractivity contribution in [3.05, 3.63) is 28.8 Å². The molecule has 0 aliphatic rings. The average Bonchev–Trinajstić information content (AvgIpc) is 2.74. The summed E-state index contributed by atoms with van der Waals surface area (Å²) in [5.74, 6) is 3.58. The number of hydrogen-bond acceptors (Lipinski definition) is 5. The zero-order chi connectivity index (χ0) is 13.3. The van der Waals surface area contributed by atoms with E-state index in [1.807, 2.05) is 0 Å². The van der Waals surface area contributed by atoms with E-state index in [9.17, 15) is 13.2 Å². The molecule has 96 valence electrons. The number of halogens is 4. The summed E-state index contributed by atoms with van der Waals surface area (Å²) in [5.41, 5.74) is 2.05. The van der Waals surface area contributed by atoms with Crippen molar-refractivity contribution < 1.29 is 13.2 Å². The molecule has 0 aliphatic heterocycles. The lowest BCUT2D eigenvalue weighted by molar-refractivity contribution is -0.144. The van der Waals surface area contributed by atoms with Crippen LogP contribution in [0.3, 0.4) is 0 Å². The third-order valence-electron chi connectivity index (χ3n) is 1.90. The highest BCUT2D eigenvalue weighted by Gasteiger charge is 2.35. The Hall–Kier alpha value is -1.68. The van der Waals surface area contributed by atoms with E-state index in [-0.39, 0.29) is 11.6 Å². The largest absolute Gasteiger partial charge is 0.451 e. The second kappa shape index (κ2) is 4.53. The summed E-state index contributed by atoms with van der Waals surface area (Å²) in [4.78, 5) is 6.61. The third-order valence-corrected chi connectivity index (χ3v) is 2.31. The van der Waals surface area contributed by atoms with Gasteiger partial charge in [-0.25, -0.2) is 20.5 Å². The maximum Gasteiger partial charge on any atom is 0.451 e. The van der Waals surface area contributed by atoms with Gasteiger partial charge in [0.2, 0.25) is 5.82 Å². The molecule has 18 heavy (non-hydrogen) atoms. The minimum Gasteiger partial charge on any atom is -0.308 e. The average molecular weight is 323 g/mol. The molecule has 2 heterocycles. The van der Waals surface area contributed by atoms with Crippen LogP contribution in [0.1, 0.15) is 5.82 Å². The minimum absolute atomic E-state index is 0.0454. The van der Waals surface area contributed by atoms with Gasteiger partial charge in [0, 0.05) is 12.3 Å². The molecule has 6 nitrogen and oxygen atoms in total. The molecule has 0 aromatic carbocycles. The van der Waals surface area contributed by atoms with E-state index in [0.29, 0.717) is 4.47 Å². The maximum atomic E-state index is 12.6. The van der Waals surface area contributed by atoms with Crippen molar-refractivity contribution in [3.8, 4) is 5.82 Å². The molecule has 2 aromatic rings. The normalized spacial score (nSPS) is 11.6. The minimum atomic E-state index is -4.66. The summed E-state index contributed by atoms with van der Waals surface area (Å²) in [7, 11) is 0. The lowest BCUT2D eigenvalue weighted by Gasteiger charge is -2.09. The highest BCUT2D eigenvalue weighted by molar-refractivity contribution is 9.10. The lowest BCUT2D eigenvalue weighted by Crippen LogP contribution is -2.17. The molecule has 10 heteroatoms. The van der Waals surface area contributed by atoms with E-state index >= 15 is 0 Å². The maximum absolute atomic E-state index is 12.6. The fourth-order valence-electron chi connectivity index (χ4n) is 1.18. The van der Waals surface area contributed by atoms with Crippen LogP contribution in [-0.4, -0.2) is 19.7 Å². The van der Waals surface area contributed by atoms with Crippen LogP contribution in [-0.2, 0) is 6.18 Å². The monoisotopic (exact) mass is 322 g/mol. The van der Waals surface area contributed by atoms with Crippen LogP contribution in [0, 0.1) is 0 Å². The molecule has 0 amide bonds. The Morgan fingerprint density at radius 3 is 2.56 bits per heavy atom. The first kappa shape index (κ1) is 12.8. The van der Waals surface area contributed by atoms with Crippen molar-refractivity contribution >= 4 is 21.7 Å². The fourth-order valence-corrected chi connectivity index (χ4v) is 1.46. The third kappa shape index (κ3) is 2.59. The van der Waals surface area contributed by atoms with Crippen LogP contribution in [0.25, 0.3) is 5.82 Å². The van der Waals surface area contributed by atoms with Crippen molar-refractivity contribution in [3.63, 3.8) is 0 Å². The predicted octanol–water partition coefficient (Wildman–Crippen LogP) is 1.73. The molecule has 2 rings (SSSR count). The Bertz CT molecular complexity index is 566. The molecule has 0 aliphatic carbocycles.